The standard InChI is InChI=1S/C27H32N8O6/c1-2-30-25(38)22-20(36)21(37)26(41-22)35-14-31-19-23(29)32-18(33-24(19)35)5-3-4-15-10-12-34(13-11-15)27(39)40-17-8-6-16(28)7-9-17/h6-9,14-15,20-22,26,36-37H,2,4,10-13,28H2,1H3,(H,30,38)(H2,29,32,33)/t20?,21-,22-,26+/m0/s1. The number of hydrogen-bond acceptors (Lipinski definition) is 11. The maximum absolute atomic E-state index is 12.5. The lowest BCUT2D eigenvalue weighted by molar-refractivity contribution is -0.137. The summed E-state index contributed by atoms with van der Waals surface area (Å²) in [5.41, 5.74) is 12.9. The SMILES string of the molecule is CCNC(=O)[C@H]1O[C@@H](n2cnc3c(N)nc(C#CCC4CCN(C(=O)Oc5ccc(N)cc5)CC4)nc32)[C@@H](O)C1O. The smallest absolute Gasteiger partial charge is 0.410 e. The van der Waals surface area contributed by atoms with E-state index in [9.17, 15) is 19.8 Å². The van der Waals surface area contributed by atoms with Gasteiger partial charge in [0.15, 0.2) is 23.8 Å². The van der Waals surface area contributed by atoms with E-state index in [-0.39, 0.29) is 28.7 Å². The molecule has 0 saturated carbocycles. The summed E-state index contributed by atoms with van der Waals surface area (Å²) in [5, 5.41) is 23.6. The molecule has 1 unspecified atom stereocenters. The molecular weight excluding hydrogens is 532 g/mol. The number of likely N-dealkylation sites (N-methyl/N-ethyl adjacent to an activating group) is 1. The molecule has 14 heteroatoms. The maximum Gasteiger partial charge on any atom is 0.415 e. The molecule has 2 aliphatic rings. The van der Waals surface area contributed by atoms with Crippen LogP contribution in [0.25, 0.3) is 11.2 Å². The first-order valence-corrected chi connectivity index (χ1v) is 13.4. The zero-order valence-corrected chi connectivity index (χ0v) is 22.4. The topological polar surface area (TPSA) is 204 Å². The Kier molecular flexibility index (Phi) is 8.20. The Morgan fingerprint density at radius 2 is 1.88 bits per heavy atom. The Morgan fingerprint density at radius 3 is 2.59 bits per heavy atom. The van der Waals surface area contributed by atoms with Crippen molar-refractivity contribution in [2.75, 3.05) is 31.1 Å². The highest BCUT2D eigenvalue weighted by Gasteiger charge is 2.47. The van der Waals surface area contributed by atoms with E-state index in [0.717, 1.165) is 12.8 Å². The number of rotatable bonds is 5. The highest BCUT2D eigenvalue weighted by molar-refractivity contribution is 5.83. The molecule has 4 heterocycles. The number of nitrogens with zero attached hydrogens (tertiary/aromatic N) is 5. The van der Waals surface area contributed by atoms with Crippen molar-refractivity contribution < 1.29 is 29.3 Å². The van der Waals surface area contributed by atoms with E-state index in [4.69, 9.17) is 20.9 Å². The van der Waals surface area contributed by atoms with Crippen LogP contribution in [0.2, 0.25) is 0 Å². The van der Waals surface area contributed by atoms with Crippen LogP contribution in [-0.2, 0) is 9.53 Å². The highest BCUT2D eigenvalue weighted by atomic mass is 16.6. The molecule has 0 aliphatic carbocycles. The lowest BCUT2D eigenvalue weighted by atomic mass is 9.94. The van der Waals surface area contributed by atoms with Gasteiger partial charge in [-0.05, 0) is 55.9 Å². The number of nitrogens with two attached hydrogens (primary N) is 2. The van der Waals surface area contributed by atoms with Crippen molar-refractivity contribution in [1.82, 2.24) is 29.7 Å². The Balaban J connectivity index is 1.21. The fourth-order valence-corrected chi connectivity index (χ4v) is 4.86. The molecule has 2 amide bonds. The van der Waals surface area contributed by atoms with Gasteiger partial charge in [0.25, 0.3) is 5.91 Å². The summed E-state index contributed by atoms with van der Waals surface area (Å²) in [6, 6.07) is 6.67. The van der Waals surface area contributed by atoms with E-state index in [2.05, 4.69) is 32.1 Å². The molecule has 0 spiro atoms. The van der Waals surface area contributed by atoms with Gasteiger partial charge in [0.2, 0.25) is 5.82 Å². The van der Waals surface area contributed by atoms with Crippen LogP contribution in [0.1, 0.15) is 38.2 Å². The second kappa shape index (κ2) is 12.0. The first-order chi connectivity index (χ1) is 19.7. The van der Waals surface area contributed by atoms with Crippen LogP contribution in [0.4, 0.5) is 16.3 Å². The molecule has 14 nitrogen and oxygen atoms in total. The monoisotopic (exact) mass is 564 g/mol. The van der Waals surface area contributed by atoms with E-state index in [1.165, 1.54) is 10.9 Å². The number of benzene rings is 1. The van der Waals surface area contributed by atoms with Crippen molar-refractivity contribution in [2.24, 2.45) is 5.92 Å². The number of fused-ring (bicyclic) bond motifs is 1. The molecule has 2 aliphatic heterocycles. The number of carbonyl (C=O) groups excluding carboxylic acids is 2. The fourth-order valence-electron chi connectivity index (χ4n) is 4.86. The van der Waals surface area contributed by atoms with Crippen molar-refractivity contribution in [3.8, 4) is 17.6 Å². The minimum Gasteiger partial charge on any atom is -0.410 e. The Morgan fingerprint density at radius 1 is 1.15 bits per heavy atom. The normalized spacial score (nSPS) is 22.8. The average molecular weight is 565 g/mol. The zero-order valence-electron chi connectivity index (χ0n) is 22.4. The second-order valence-electron chi connectivity index (χ2n) is 9.95. The van der Waals surface area contributed by atoms with E-state index in [1.54, 1.807) is 36.1 Å². The number of imidazole rings is 1. The summed E-state index contributed by atoms with van der Waals surface area (Å²) in [7, 11) is 0. The summed E-state index contributed by atoms with van der Waals surface area (Å²) in [6.45, 7) is 3.20. The maximum atomic E-state index is 12.5. The first-order valence-electron chi connectivity index (χ1n) is 13.4. The third kappa shape index (κ3) is 6.02. The number of likely N-dealkylation sites (tertiary alicyclic amines) is 1. The number of nitrogen functional groups attached to an aromatic ring is 2. The number of aliphatic hydroxyl groups is 2. The van der Waals surface area contributed by atoms with Gasteiger partial charge in [-0.2, -0.15) is 0 Å². The Hall–Kier alpha value is -4.45. The van der Waals surface area contributed by atoms with Crippen molar-refractivity contribution >= 4 is 34.7 Å². The van der Waals surface area contributed by atoms with Gasteiger partial charge in [-0.25, -0.2) is 19.7 Å². The summed E-state index contributed by atoms with van der Waals surface area (Å²) in [6.07, 6.45) is -2.13. The lowest BCUT2D eigenvalue weighted by Crippen LogP contribution is -2.42. The predicted octanol–water partition coefficient (Wildman–Crippen LogP) is 0.399. The number of carbonyl (C=O) groups is 2. The van der Waals surface area contributed by atoms with Gasteiger partial charge in [0.1, 0.15) is 23.5 Å². The van der Waals surface area contributed by atoms with Crippen LogP contribution in [0.3, 0.4) is 0 Å². The molecule has 4 atom stereocenters. The average Bonchev–Trinajstić information content (AvgIpc) is 3.51. The Bertz CT molecular complexity index is 1470. The van der Waals surface area contributed by atoms with Gasteiger partial charge < -0.3 is 41.4 Å². The molecule has 7 N–H and O–H groups in total. The number of nitrogens with one attached hydrogen (secondary N) is 1. The van der Waals surface area contributed by atoms with Gasteiger partial charge in [-0.15, -0.1) is 0 Å². The number of amides is 2. The third-order valence-corrected chi connectivity index (χ3v) is 7.12. The number of ether oxygens (including phenoxy) is 2. The minimum atomic E-state index is -1.44. The molecule has 0 bridgehead atoms. The molecule has 2 fully saturated rings. The van der Waals surface area contributed by atoms with Crippen molar-refractivity contribution in [3.63, 3.8) is 0 Å². The molecule has 2 aromatic heterocycles. The van der Waals surface area contributed by atoms with Gasteiger partial charge in [-0.3, -0.25) is 9.36 Å². The number of hydrogen-bond donors (Lipinski definition) is 5. The van der Waals surface area contributed by atoms with Crippen LogP contribution in [-0.4, -0.2) is 84.6 Å². The molecular formula is C27H32N8O6. The van der Waals surface area contributed by atoms with Crippen LogP contribution in [0.5, 0.6) is 5.75 Å². The predicted molar refractivity (Wildman–Crippen MR) is 147 cm³/mol. The first kappa shape index (κ1) is 28.1. The quantitative estimate of drug-likeness (QED) is 0.212. The van der Waals surface area contributed by atoms with E-state index in [0.29, 0.717) is 37.5 Å². The molecule has 3 aromatic rings. The number of anilines is 2. The van der Waals surface area contributed by atoms with Crippen LogP contribution in [0, 0.1) is 17.8 Å². The van der Waals surface area contributed by atoms with Gasteiger partial charge in [0.05, 0.1) is 6.33 Å². The van der Waals surface area contributed by atoms with E-state index >= 15 is 0 Å². The molecule has 5 rings (SSSR count). The van der Waals surface area contributed by atoms with Crippen LogP contribution >= 0.6 is 0 Å². The van der Waals surface area contributed by atoms with Gasteiger partial charge in [-0.1, -0.05) is 5.92 Å². The van der Waals surface area contributed by atoms with E-state index in [1.807, 2.05) is 0 Å². The molecule has 216 valence electrons. The molecule has 1 aromatic carbocycles. The van der Waals surface area contributed by atoms with Crippen LogP contribution in [0.15, 0.2) is 30.6 Å². The van der Waals surface area contributed by atoms with Crippen LogP contribution < -0.4 is 21.5 Å². The summed E-state index contributed by atoms with van der Waals surface area (Å²) in [4.78, 5) is 39.3. The fraction of sp³-hybridized carbons (Fsp3) is 0.444. The Labute approximate surface area is 235 Å². The lowest BCUT2D eigenvalue weighted by Gasteiger charge is -2.30. The highest BCUT2D eigenvalue weighted by Crippen LogP contribution is 2.32. The van der Waals surface area contributed by atoms with Crippen molar-refractivity contribution in [2.45, 2.75) is 50.7 Å². The van der Waals surface area contributed by atoms with Gasteiger partial charge >= 0.3 is 6.09 Å². The second-order valence-corrected chi connectivity index (χ2v) is 9.95. The van der Waals surface area contributed by atoms with Crippen molar-refractivity contribution in [3.05, 3.63) is 36.4 Å². The summed E-state index contributed by atoms with van der Waals surface area (Å²) < 4.78 is 12.5. The molecule has 0 radical (unpaired) electrons. The van der Waals surface area contributed by atoms with E-state index < -0.39 is 36.5 Å². The third-order valence-electron chi connectivity index (χ3n) is 7.12. The minimum absolute atomic E-state index is 0.0966. The van der Waals surface area contributed by atoms with Crippen molar-refractivity contribution in [1.29, 1.82) is 0 Å². The number of piperidine rings is 1. The largest absolute Gasteiger partial charge is 0.415 e. The summed E-state index contributed by atoms with van der Waals surface area (Å²) in [5.74, 6) is 6.50. The van der Waals surface area contributed by atoms with Gasteiger partial charge in [0, 0.05) is 31.7 Å². The molecule has 2 saturated heterocycles. The number of aliphatic hydroxyl groups excluding tert-OH is 2. The summed E-state index contributed by atoms with van der Waals surface area (Å²) >= 11 is 0. The molecule has 41 heavy (non-hydrogen) atoms. The zero-order chi connectivity index (χ0) is 29.1. The number of aromatic nitrogens is 4.